The minimum absolute atomic E-state index is 0.0568. The van der Waals surface area contributed by atoms with E-state index in [1.54, 1.807) is 23.8 Å². The second-order valence-electron chi connectivity index (χ2n) is 13.1. The fraction of sp³-hybridized carbons (Fsp3) is 0.667. The molecular weight excluding hydrogens is 584 g/mol. The van der Waals surface area contributed by atoms with E-state index in [2.05, 4.69) is 17.6 Å². The van der Waals surface area contributed by atoms with Gasteiger partial charge in [-0.1, -0.05) is 64.7 Å². The summed E-state index contributed by atoms with van der Waals surface area (Å²) in [7, 11) is 3.31. The number of ether oxygens (including phenoxy) is 1. The largest absolute Gasteiger partial charge is 0.417 e. The molecular formula is C36H54N4O6. The third-order valence-electron chi connectivity index (χ3n) is 10.1. The molecule has 1 aromatic heterocycles. The maximum Gasteiger partial charge on any atom is 0.246 e. The second kappa shape index (κ2) is 17.0. The average molecular weight is 639 g/mol. The number of carbonyl (C=O) groups is 4. The number of nitrogens with one attached hydrogen (secondary N) is 2. The van der Waals surface area contributed by atoms with Crippen LogP contribution >= 0.6 is 0 Å². The predicted octanol–water partition coefficient (Wildman–Crippen LogP) is 4.60. The van der Waals surface area contributed by atoms with E-state index in [1.807, 2.05) is 44.3 Å². The summed E-state index contributed by atoms with van der Waals surface area (Å²) < 4.78 is 7.16. The zero-order valence-corrected chi connectivity index (χ0v) is 28.4. The number of methoxy groups -OCH3 is 1. The van der Waals surface area contributed by atoms with Crippen molar-refractivity contribution in [3.63, 3.8) is 0 Å². The number of piperidine rings is 1. The van der Waals surface area contributed by atoms with Gasteiger partial charge in [0, 0.05) is 44.0 Å². The number of Topliss-reactive ketones (excluding diaryl/α,β-unsaturated/α-hetero) is 1. The first-order valence-corrected chi connectivity index (χ1v) is 17.3. The molecule has 46 heavy (non-hydrogen) atoms. The number of para-hydroxylation sites is 1. The molecule has 2 aromatic rings. The van der Waals surface area contributed by atoms with E-state index in [9.17, 15) is 19.2 Å². The maximum absolute atomic E-state index is 14.1. The lowest BCUT2D eigenvalue weighted by molar-refractivity contribution is -0.147. The lowest BCUT2D eigenvalue weighted by Gasteiger charge is -2.39. The van der Waals surface area contributed by atoms with Crippen LogP contribution in [0.25, 0.3) is 10.9 Å². The first-order valence-electron chi connectivity index (χ1n) is 17.3. The monoisotopic (exact) mass is 638 g/mol. The van der Waals surface area contributed by atoms with Gasteiger partial charge in [-0.2, -0.15) is 4.73 Å². The molecule has 0 radical (unpaired) electrons. The standard InChI is InChI=1S/C36H54N4O6/c1-6-24(3)33-36(44)39-20-14-13-19-31(39)32(41)22-25(15-9-8-10-16-27(7-2)45-4)34(42)37-29(35(43)38-33)21-26-23-40(46-5)30-18-12-11-17-28(26)30/h11-12,17-18,23-25,27,29,31,33H,6-10,13-16,19-22H2,1-5H3,(H,37,42)(H,38,43)/t24?,25-,27?,29+,31-,33+/m1/s1. The number of unbranched alkanes of at least 4 members (excludes halogenated alkanes) is 2. The highest BCUT2D eigenvalue weighted by Crippen LogP contribution is 2.27. The Kier molecular flexibility index (Phi) is 13.1. The summed E-state index contributed by atoms with van der Waals surface area (Å²) in [5.41, 5.74) is 1.69. The zero-order valence-electron chi connectivity index (χ0n) is 28.4. The Morgan fingerprint density at radius 2 is 1.74 bits per heavy atom. The molecule has 2 aliphatic heterocycles. The molecule has 254 valence electrons. The zero-order chi connectivity index (χ0) is 33.2. The third-order valence-corrected chi connectivity index (χ3v) is 10.1. The summed E-state index contributed by atoms with van der Waals surface area (Å²) in [6.45, 7) is 6.52. The van der Waals surface area contributed by atoms with Gasteiger partial charge in [0.25, 0.3) is 0 Å². The van der Waals surface area contributed by atoms with Crippen LogP contribution < -0.4 is 15.5 Å². The highest BCUT2D eigenvalue weighted by Gasteiger charge is 2.41. The molecule has 10 nitrogen and oxygen atoms in total. The van der Waals surface area contributed by atoms with Gasteiger partial charge in [0.1, 0.15) is 19.2 Å². The van der Waals surface area contributed by atoms with E-state index in [0.29, 0.717) is 25.8 Å². The third kappa shape index (κ3) is 8.49. The average Bonchev–Trinajstić information content (AvgIpc) is 3.43. The van der Waals surface area contributed by atoms with E-state index in [0.717, 1.165) is 61.4 Å². The number of ketones is 1. The van der Waals surface area contributed by atoms with E-state index < -0.39 is 30.0 Å². The second-order valence-corrected chi connectivity index (χ2v) is 13.1. The number of carbonyl (C=O) groups excluding carboxylic acids is 4. The van der Waals surface area contributed by atoms with Crippen LogP contribution in [0.2, 0.25) is 0 Å². The molecule has 2 saturated heterocycles. The van der Waals surface area contributed by atoms with Gasteiger partial charge in [-0.15, -0.1) is 0 Å². The molecule has 2 N–H and O–H groups in total. The van der Waals surface area contributed by atoms with Crippen molar-refractivity contribution in [1.82, 2.24) is 20.3 Å². The summed E-state index contributed by atoms with van der Waals surface area (Å²) in [6.07, 6.45) is 10.4. The van der Waals surface area contributed by atoms with Gasteiger partial charge in [0.15, 0.2) is 5.78 Å². The highest BCUT2D eigenvalue weighted by molar-refractivity contribution is 5.98. The first-order chi connectivity index (χ1) is 22.2. The molecule has 2 unspecified atom stereocenters. The van der Waals surface area contributed by atoms with Crippen molar-refractivity contribution in [3.05, 3.63) is 36.0 Å². The number of amides is 3. The van der Waals surface area contributed by atoms with Crippen LogP contribution in [0.3, 0.4) is 0 Å². The normalized spacial score (nSPS) is 24.4. The van der Waals surface area contributed by atoms with Crippen LogP contribution in [0.4, 0.5) is 0 Å². The van der Waals surface area contributed by atoms with Gasteiger partial charge in [-0.3, -0.25) is 19.2 Å². The van der Waals surface area contributed by atoms with Gasteiger partial charge in [-0.05, 0) is 56.1 Å². The molecule has 2 aliphatic rings. The van der Waals surface area contributed by atoms with Crippen molar-refractivity contribution < 1.29 is 28.8 Å². The summed E-state index contributed by atoms with van der Waals surface area (Å²) in [5, 5.41) is 6.99. The molecule has 2 fully saturated rings. The van der Waals surface area contributed by atoms with Crippen LogP contribution in [0, 0.1) is 11.8 Å². The lowest BCUT2D eigenvalue weighted by Crippen LogP contribution is -2.61. The minimum Gasteiger partial charge on any atom is -0.417 e. The molecule has 1 aromatic carbocycles. The van der Waals surface area contributed by atoms with Gasteiger partial charge in [0.2, 0.25) is 17.7 Å². The summed E-state index contributed by atoms with van der Waals surface area (Å²) in [4.78, 5) is 63.4. The van der Waals surface area contributed by atoms with Crippen molar-refractivity contribution in [2.24, 2.45) is 11.8 Å². The lowest BCUT2D eigenvalue weighted by atomic mass is 9.87. The molecule has 4 rings (SSSR count). The van der Waals surface area contributed by atoms with Gasteiger partial charge in [-0.25, -0.2) is 0 Å². The van der Waals surface area contributed by atoms with Crippen molar-refractivity contribution in [1.29, 1.82) is 0 Å². The van der Waals surface area contributed by atoms with Crippen molar-refractivity contribution in [2.45, 2.75) is 122 Å². The van der Waals surface area contributed by atoms with E-state index in [4.69, 9.17) is 9.57 Å². The van der Waals surface area contributed by atoms with Crippen LogP contribution in [-0.4, -0.2) is 78.1 Å². The quantitative estimate of drug-likeness (QED) is 0.310. The number of aromatic nitrogens is 1. The first kappa shape index (κ1) is 35.5. The van der Waals surface area contributed by atoms with Gasteiger partial charge >= 0.3 is 0 Å². The number of hydrogen-bond acceptors (Lipinski definition) is 6. The Hall–Kier alpha value is -3.40. The Bertz CT molecular complexity index is 1340. The van der Waals surface area contributed by atoms with Crippen LogP contribution in [0.1, 0.15) is 97.0 Å². The Morgan fingerprint density at radius 3 is 2.46 bits per heavy atom. The molecule has 0 bridgehead atoms. The molecule has 0 aliphatic carbocycles. The molecule has 0 spiro atoms. The smallest absolute Gasteiger partial charge is 0.246 e. The minimum atomic E-state index is -0.941. The molecule has 3 amide bonds. The van der Waals surface area contributed by atoms with Crippen LogP contribution in [0.5, 0.6) is 0 Å². The van der Waals surface area contributed by atoms with Crippen molar-refractivity contribution in [2.75, 3.05) is 20.8 Å². The Labute approximate surface area is 273 Å². The predicted molar refractivity (Wildman–Crippen MR) is 178 cm³/mol. The Balaban J connectivity index is 1.65. The van der Waals surface area contributed by atoms with E-state index >= 15 is 0 Å². The van der Waals surface area contributed by atoms with E-state index in [-0.39, 0.29) is 42.5 Å². The van der Waals surface area contributed by atoms with Crippen LogP contribution in [-0.2, 0) is 30.3 Å². The summed E-state index contributed by atoms with van der Waals surface area (Å²) in [6, 6.07) is 5.44. The number of benzene rings is 1. The highest BCUT2D eigenvalue weighted by atomic mass is 16.6. The fourth-order valence-corrected chi connectivity index (χ4v) is 7.03. The van der Waals surface area contributed by atoms with Crippen LogP contribution in [0.15, 0.2) is 30.5 Å². The molecule has 3 heterocycles. The summed E-state index contributed by atoms with van der Waals surface area (Å²) >= 11 is 0. The van der Waals surface area contributed by atoms with Gasteiger partial charge < -0.3 is 25.1 Å². The summed E-state index contributed by atoms with van der Waals surface area (Å²) in [5.74, 6) is -1.69. The van der Waals surface area contributed by atoms with Crippen molar-refractivity contribution >= 4 is 34.4 Å². The number of nitrogens with zero attached hydrogens (tertiary/aromatic N) is 2. The number of hydrogen-bond donors (Lipinski definition) is 2. The van der Waals surface area contributed by atoms with Crippen molar-refractivity contribution in [3.8, 4) is 0 Å². The number of fused-ring (bicyclic) bond motifs is 2. The van der Waals surface area contributed by atoms with E-state index in [1.165, 1.54) is 0 Å². The SMILES string of the molecule is CCC(CCCCC[C@@H]1CC(=O)[C@H]2CCCCN2C(=O)[C@H](C(C)CC)NC(=O)[C@H](Cc2cn(OC)c3ccccc23)NC1=O)OC. The molecule has 10 heteroatoms. The maximum atomic E-state index is 14.1. The molecule has 0 saturated carbocycles. The number of rotatable bonds is 13. The fourth-order valence-electron chi connectivity index (χ4n) is 7.03. The topological polar surface area (TPSA) is 119 Å². The Morgan fingerprint density at radius 1 is 0.957 bits per heavy atom. The molecule has 6 atom stereocenters. The van der Waals surface area contributed by atoms with Gasteiger partial charge in [0.05, 0.1) is 17.7 Å².